The Labute approximate surface area is 120 Å². The lowest BCUT2D eigenvalue weighted by molar-refractivity contribution is -0.137. The minimum Gasteiger partial charge on any atom is -0.366 e. The van der Waals surface area contributed by atoms with Crippen molar-refractivity contribution >= 4 is 5.69 Å². The van der Waals surface area contributed by atoms with Crippen molar-refractivity contribution in [2.24, 2.45) is 0 Å². The molecule has 2 aromatic rings. The van der Waals surface area contributed by atoms with Gasteiger partial charge in [-0.05, 0) is 12.1 Å². The van der Waals surface area contributed by atoms with E-state index in [4.69, 9.17) is 0 Å². The molecule has 0 bridgehead atoms. The number of H-pyrrole nitrogens is 1. The van der Waals surface area contributed by atoms with Crippen LogP contribution in [0.25, 0.3) is 11.3 Å². The number of anilines is 1. The molecule has 0 aliphatic carbocycles. The Kier molecular flexibility index (Phi) is 3.59. The highest BCUT2D eigenvalue weighted by atomic mass is 19.4. The Morgan fingerprint density at radius 3 is 2.33 bits per heavy atom. The molecule has 3 rings (SSSR count). The summed E-state index contributed by atoms with van der Waals surface area (Å²) in [6.07, 6.45) is -2.59. The van der Waals surface area contributed by atoms with Gasteiger partial charge in [0.05, 0.1) is 23.1 Å². The van der Waals surface area contributed by atoms with Crippen LogP contribution >= 0.6 is 0 Å². The Balaban J connectivity index is 1.89. The summed E-state index contributed by atoms with van der Waals surface area (Å²) in [5.41, 5.74) is 1.74. The van der Waals surface area contributed by atoms with Crippen molar-refractivity contribution in [2.45, 2.75) is 6.18 Å². The average Bonchev–Trinajstić information content (AvgIpc) is 2.97. The van der Waals surface area contributed by atoms with Crippen LogP contribution in [0.5, 0.6) is 0 Å². The fourth-order valence-corrected chi connectivity index (χ4v) is 2.46. The van der Waals surface area contributed by atoms with E-state index in [2.05, 4.69) is 20.4 Å². The average molecular weight is 296 g/mol. The van der Waals surface area contributed by atoms with Crippen LogP contribution in [0.2, 0.25) is 0 Å². The second kappa shape index (κ2) is 5.40. The Morgan fingerprint density at radius 1 is 1.05 bits per heavy atom. The molecule has 0 atom stereocenters. The van der Waals surface area contributed by atoms with Crippen molar-refractivity contribution in [3.05, 3.63) is 36.0 Å². The van der Waals surface area contributed by atoms with E-state index in [9.17, 15) is 13.2 Å². The lowest BCUT2D eigenvalue weighted by Crippen LogP contribution is -2.43. The second-order valence-electron chi connectivity index (χ2n) is 4.94. The van der Waals surface area contributed by atoms with Gasteiger partial charge in [-0.15, -0.1) is 0 Å². The molecule has 1 aliphatic rings. The summed E-state index contributed by atoms with van der Waals surface area (Å²) in [5.74, 6) is 0. The topological polar surface area (TPSA) is 44.0 Å². The quantitative estimate of drug-likeness (QED) is 0.895. The van der Waals surface area contributed by atoms with Gasteiger partial charge < -0.3 is 10.2 Å². The van der Waals surface area contributed by atoms with E-state index in [1.165, 1.54) is 12.1 Å². The lowest BCUT2D eigenvalue weighted by Gasteiger charge is -2.29. The molecule has 112 valence electrons. The fourth-order valence-electron chi connectivity index (χ4n) is 2.46. The van der Waals surface area contributed by atoms with Crippen molar-refractivity contribution in [2.75, 3.05) is 31.1 Å². The van der Waals surface area contributed by atoms with E-state index in [0.717, 1.165) is 49.7 Å². The number of halogens is 3. The van der Waals surface area contributed by atoms with Gasteiger partial charge in [0.15, 0.2) is 0 Å². The first kappa shape index (κ1) is 13.9. The molecule has 7 heteroatoms. The van der Waals surface area contributed by atoms with Gasteiger partial charge in [-0.25, -0.2) is 0 Å². The standard InChI is InChI=1S/C14H15F3N4/c15-14(16,17)11-3-1-10(2-4-11)13-12(9-19-20-13)21-7-5-18-6-8-21/h1-4,9,18H,5-8H2,(H,19,20). The molecule has 2 N–H and O–H groups in total. The maximum Gasteiger partial charge on any atom is 0.416 e. The minimum atomic E-state index is -4.31. The molecule has 1 aromatic heterocycles. The molecule has 0 spiro atoms. The zero-order valence-corrected chi connectivity index (χ0v) is 11.2. The van der Waals surface area contributed by atoms with Crippen molar-refractivity contribution < 1.29 is 13.2 Å². The van der Waals surface area contributed by atoms with Gasteiger partial charge in [0, 0.05) is 31.7 Å². The van der Waals surface area contributed by atoms with Gasteiger partial charge in [-0.1, -0.05) is 12.1 Å². The molecule has 0 saturated carbocycles. The van der Waals surface area contributed by atoms with E-state index >= 15 is 0 Å². The zero-order chi connectivity index (χ0) is 14.9. The summed E-state index contributed by atoms with van der Waals surface area (Å²) in [4.78, 5) is 2.17. The molecule has 0 amide bonds. The third kappa shape index (κ3) is 2.87. The molecular weight excluding hydrogens is 281 g/mol. The smallest absolute Gasteiger partial charge is 0.366 e. The maximum atomic E-state index is 12.6. The largest absolute Gasteiger partial charge is 0.416 e. The van der Waals surface area contributed by atoms with E-state index in [1.54, 1.807) is 6.20 Å². The zero-order valence-electron chi connectivity index (χ0n) is 11.2. The molecule has 1 aromatic carbocycles. The first-order chi connectivity index (χ1) is 10.1. The molecule has 0 radical (unpaired) electrons. The van der Waals surface area contributed by atoms with Crippen LogP contribution in [0, 0.1) is 0 Å². The third-order valence-electron chi connectivity index (χ3n) is 3.58. The van der Waals surface area contributed by atoms with E-state index < -0.39 is 11.7 Å². The van der Waals surface area contributed by atoms with Gasteiger partial charge in [0.2, 0.25) is 0 Å². The number of hydrogen-bond donors (Lipinski definition) is 2. The number of aromatic amines is 1. The van der Waals surface area contributed by atoms with Crippen molar-refractivity contribution in [1.29, 1.82) is 0 Å². The number of piperazine rings is 1. The van der Waals surface area contributed by atoms with E-state index in [1.807, 2.05) is 0 Å². The Hall–Kier alpha value is -2.02. The van der Waals surface area contributed by atoms with Crippen LogP contribution in [-0.2, 0) is 6.18 Å². The van der Waals surface area contributed by atoms with Crippen LogP contribution in [0.1, 0.15) is 5.56 Å². The first-order valence-electron chi connectivity index (χ1n) is 6.72. The molecule has 2 heterocycles. The van der Waals surface area contributed by atoms with Crippen LogP contribution in [-0.4, -0.2) is 36.4 Å². The lowest BCUT2D eigenvalue weighted by atomic mass is 10.1. The van der Waals surface area contributed by atoms with Gasteiger partial charge in [-0.2, -0.15) is 18.3 Å². The van der Waals surface area contributed by atoms with Crippen molar-refractivity contribution in [3.8, 4) is 11.3 Å². The Morgan fingerprint density at radius 2 is 1.71 bits per heavy atom. The monoisotopic (exact) mass is 296 g/mol. The molecule has 1 saturated heterocycles. The minimum absolute atomic E-state index is 0.644. The van der Waals surface area contributed by atoms with Crippen LogP contribution in [0.3, 0.4) is 0 Å². The highest BCUT2D eigenvalue weighted by Gasteiger charge is 2.30. The van der Waals surface area contributed by atoms with Gasteiger partial charge in [0.25, 0.3) is 0 Å². The predicted molar refractivity (Wildman–Crippen MR) is 74.1 cm³/mol. The van der Waals surface area contributed by atoms with Crippen LogP contribution < -0.4 is 10.2 Å². The number of benzene rings is 1. The summed E-state index contributed by atoms with van der Waals surface area (Å²) in [6, 6.07) is 5.14. The summed E-state index contributed by atoms with van der Waals surface area (Å²) in [6.45, 7) is 3.48. The maximum absolute atomic E-state index is 12.6. The highest BCUT2D eigenvalue weighted by Crippen LogP contribution is 2.33. The number of hydrogen-bond acceptors (Lipinski definition) is 3. The molecular formula is C14H15F3N4. The predicted octanol–water partition coefficient (Wildman–Crippen LogP) is 2.51. The molecule has 4 nitrogen and oxygen atoms in total. The number of nitrogens with zero attached hydrogens (tertiary/aromatic N) is 2. The number of rotatable bonds is 2. The molecule has 1 fully saturated rings. The Bertz CT molecular complexity index is 597. The number of aromatic nitrogens is 2. The summed E-state index contributed by atoms with van der Waals surface area (Å²) < 4.78 is 37.8. The number of nitrogens with one attached hydrogen (secondary N) is 2. The summed E-state index contributed by atoms with van der Waals surface area (Å²) in [5, 5.41) is 10.2. The normalized spacial score (nSPS) is 16.2. The van der Waals surface area contributed by atoms with Gasteiger partial charge >= 0.3 is 6.18 Å². The third-order valence-corrected chi connectivity index (χ3v) is 3.58. The van der Waals surface area contributed by atoms with Gasteiger partial charge in [0.1, 0.15) is 0 Å². The summed E-state index contributed by atoms with van der Waals surface area (Å²) in [7, 11) is 0. The van der Waals surface area contributed by atoms with Crippen LogP contribution in [0.15, 0.2) is 30.5 Å². The SMILES string of the molecule is FC(F)(F)c1ccc(-c2[nH]ncc2N2CCNCC2)cc1. The second-order valence-corrected chi connectivity index (χ2v) is 4.94. The first-order valence-corrected chi connectivity index (χ1v) is 6.72. The van der Waals surface area contributed by atoms with Crippen molar-refractivity contribution in [3.63, 3.8) is 0 Å². The summed E-state index contributed by atoms with van der Waals surface area (Å²) >= 11 is 0. The molecule has 1 aliphatic heterocycles. The van der Waals surface area contributed by atoms with Crippen molar-refractivity contribution in [1.82, 2.24) is 15.5 Å². The van der Waals surface area contributed by atoms with Gasteiger partial charge in [-0.3, -0.25) is 5.10 Å². The molecule has 21 heavy (non-hydrogen) atoms. The fraction of sp³-hybridized carbons (Fsp3) is 0.357. The molecule has 0 unspecified atom stereocenters. The van der Waals surface area contributed by atoms with Crippen LogP contribution in [0.4, 0.5) is 18.9 Å². The van der Waals surface area contributed by atoms with E-state index in [-0.39, 0.29) is 0 Å². The number of alkyl halides is 3. The highest BCUT2D eigenvalue weighted by molar-refractivity contribution is 5.74. The van der Waals surface area contributed by atoms with E-state index in [0.29, 0.717) is 5.56 Å².